The molecule has 0 bridgehead atoms. The van der Waals surface area contributed by atoms with Crippen molar-refractivity contribution < 1.29 is 4.42 Å². The fraction of sp³-hybridized carbons (Fsp3) is 0.0256. The number of para-hydroxylation sites is 1. The molecule has 1 aliphatic rings. The van der Waals surface area contributed by atoms with Crippen molar-refractivity contribution >= 4 is 65.9 Å². The highest BCUT2D eigenvalue weighted by molar-refractivity contribution is 6.24. The van der Waals surface area contributed by atoms with Crippen molar-refractivity contribution in [1.82, 2.24) is 5.32 Å². The van der Waals surface area contributed by atoms with Gasteiger partial charge in [0.1, 0.15) is 23.2 Å². The number of amidine groups is 2. The molecule has 1 unspecified atom stereocenters. The molecule has 0 amide bonds. The van der Waals surface area contributed by atoms with Crippen LogP contribution in [0.3, 0.4) is 0 Å². The maximum atomic E-state index is 6.22. The average molecular weight is 552 g/mol. The summed E-state index contributed by atoms with van der Waals surface area (Å²) in [4.78, 5) is 10.4. The van der Waals surface area contributed by atoms with E-state index in [0.29, 0.717) is 5.84 Å². The second-order valence-electron chi connectivity index (χ2n) is 11.0. The first kappa shape index (κ1) is 23.9. The van der Waals surface area contributed by atoms with Crippen LogP contribution >= 0.6 is 0 Å². The molecule has 2 heterocycles. The summed E-state index contributed by atoms with van der Waals surface area (Å²) in [6.07, 6.45) is -0.291. The van der Waals surface area contributed by atoms with Crippen molar-refractivity contribution in [3.05, 3.63) is 156 Å². The zero-order valence-corrected chi connectivity index (χ0v) is 23.2. The molecule has 9 rings (SSSR count). The lowest BCUT2D eigenvalue weighted by atomic mass is 9.95. The standard InChI is InChI=1S/C39H25N3O/c1-2-10-27(11-3-1)37-40-38(42-39(41-37)31-14-8-16-34-36(31)30-13-6-7-15-33(30)43-34)28-22-19-25-18-21-26-20-17-24-9-4-5-12-29(24)35(26)32(25)23-28/h1-23,37H,(H,40,41,42). The minimum Gasteiger partial charge on any atom is -0.456 e. The van der Waals surface area contributed by atoms with Gasteiger partial charge in [-0.3, -0.25) is 0 Å². The Hall–Kier alpha value is -5.74. The molecule has 0 radical (unpaired) electrons. The van der Waals surface area contributed by atoms with E-state index in [-0.39, 0.29) is 6.17 Å². The van der Waals surface area contributed by atoms with E-state index in [1.165, 1.54) is 32.3 Å². The van der Waals surface area contributed by atoms with Gasteiger partial charge in [-0.2, -0.15) is 0 Å². The van der Waals surface area contributed by atoms with Crippen molar-refractivity contribution in [2.24, 2.45) is 9.98 Å². The van der Waals surface area contributed by atoms with Gasteiger partial charge in [-0.15, -0.1) is 0 Å². The minimum absolute atomic E-state index is 0.291. The molecule has 0 saturated heterocycles. The van der Waals surface area contributed by atoms with Crippen LogP contribution in [0.4, 0.5) is 0 Å². The molecular weight excluding hydrogens is 526 g/mol. The van der Waals surface area contributed by atoms with Crippen molar-refractivity contribution in [3.63, 3.8) is 0 Å². The van der Waals surface area contributed by atoms with Gasteiger partial charge in [0.05, 0.1) is 0 Å². The lowest BCUT2D eigenvalue weighted by molar-refractivity contribution is 0.667. The SMILES string of the molecule is c1ccc(C2N=C(c3ccc4ccc5ccc6ccccc6c5c4c3)N=C(c3cccc4oc5ccccc5c34)N2)cc1. The Balaban J connectivity index is 1.28. The molecule has 8 aromatic rings. The summed E-state index contributed by atoms with van der Waals surface area (Å²) in [6, 6.07) is 48.7. The minimum atomic E-state index is -0.291. The molecule has 0 spiro atoms. The predicted octanol–water partition coefficient (Wildman–Crippen LogP) is 9.54. The second-order valence-corrected chi connectivity index (χ2v) is 11.0. The summed E-state index contributed by atoms with van der Waals surface area (Å²) in [5.74, 6) is 1.48. The van der Waals surface area contributed by atoms with Crippen molar-refractivity contribution in [3.8, 4) is 0 Å². The summed E-state index contributed by atoms with van der Waals surface area (Å²) in [6.45, 7) is 0. The molecule has 0 fully saturated rings. The van der Waals surface area contributed by atoms with Gasteiger partial charge in [0.25, 0.3) is 0 Å². The number of fused-ring (bicyclic) bond motifs is 8. The number of nitrogens with one attached hydrogen (secondary N) is 1. The zero-order chi connectivity index (χ0) is 28.3. The second kappa shape index (κ2) is 9.40. The van der Waals surface area contributed by atoms with Gasteiger partial charge in [0, 0.05) is 21.9 Å². The third-order valence-electron chi connectivity index (χ3n) is 8.50. The van der Waals surface area contributed by atoms with Gasteiger partial charge in [-0.1, -0.05) is 121 Å². The Morgan fingerprint density at radius 2 is 1.23 bits per heavy atom. The highest BCUT2D eigenvalue weighted by Crippen LogP contribution is 2.35. The topological polar surface area (TPSA) is 49.9 Å². The Morgan fingerprint density at radius 1 is 0.535 bits per heavy atom. The molecule has 1 aromatic heterocycles. The molecule has 1 aliphatic heterocycles. The Kier molecular flexibility index (Phi) is 5.23. The summed E-state index contributed by atoms with van der Waals surface area (Å²) in [5, 5.41) is 13.1. The summed E-state index contributed by atoms with van der Waals surface area (Å²) in [5.41, 5.74) is 4.76. The van der Waals surface area contributed by atoms with Crippen LogP contribution in [0.1, 0.15) is 22.9 Å². The quantitative estimate of drug-likeness (QED) is 0.222. The van der Waals surface area contributed by atoms with Gasteiger partial charge in [0.2, 0.25) is 0 Å². The molecule has 0 saturated carbocycles. The van der Waals surface area contributed by atoms with Gasteiger partial charge in [0.15, 0.2) is 5.84 Å². The van der Waals surface area contributed by atoms with E-state index in [1.807, 2.05) is 36.4 Å². The van der Waals surface area contributed by atoms with E-state index in [2.05, 4.69) is 108 Å². The Bertz CT molecular complexity index is 2430. The first-order chi connectivity index (χ1) is 21.3. The molecule has 202 valence electrons. The smallest absolute Gasteiger partial charge is 0.159 e. The maximum Gasteiger partial charge on any atom is 0.159 e. The van der Waals surface area contributed by atoms with Crippen molar-refractivity contribution in [2.45, 2.75) is 6.17 Å². The van der Waals surface area contributed by atoms with E-state index in [9.17, 15) is 0 Å². The fourth-order valence-corrected chi connectivity index (χ4v) is 6.46. The van der Waals surface area contributed by atoms with E-state index < -0.39 is 0 Å². The highest BCUT2D eigenvalue weighted by Gasteiger charge is 2.24. The fourth-order valence-electron chi connectivity index (χ4n) is 6.46. The Morgan fingerprint density at radius 3 is 2.12 bits per heavy atom. The largest absolute Gasteiger partial charge is 0.456 e. The van der Waals surface area contributed by atoms with Crippen LogP contribution in [0.5, 0.6) is 0 Å². The molecule has 4 nitrogen and oxygen atoms in total. The number of benzene rings is 7. The lowest BCUT2D eigenvalue weighted by Gasteiger charge is -2.24. The van der Waals surface area contributed by atoms with Crippen LogP contribution < -0.4 is 5.32 Å². The van der Waals surface area contributed by atoms with Crippen LogP contribution in [-0.4, -0.2) is 11.7 Å². The van der Waals surface area contributed by atoms with E-state index in [1.54, 1.807) is 0 Å². The molecule has 43 heavy (non-hydrogen) atoms. The van der Waals surface area contributed by atoms with Crippen LogP contribution in [0.2, 0.25) is 0 Å². The van der Waals surface area contributed by atoms with E-state index in [4.69, 9.17) is 14.4 Å². The summed E-state index contributed by atoms with van der Waals surface area (Å²) < 4.78 is 6.22. The number of rotatable bonds is 3. The number of aliphatic imine (C=N–C) groups is 2. The number of furan rings is 1. The third kappa shape index (κ3) is 3.84. The van der Waals surface area contributed by atoms with Gasteiger partial charge in [-0.25, -0.2) is 9.98 Å². The normalized spacial score (nSPS) is 15.2. The first-order valence-electron chi connectivity index (χ1n) is 14.5. The highest BCUT2D eigenvalue weighted by atomic mass is 16.3. The average Bonchev–Trinajstić information content (AvgIpc) is 3.47. The van der Waals surface area contributed by atoms with Gasteiger partial charge in [-0.05, 0) is 56.1 Å². The third-order valence-corrected chi connectivity index (χ3v) is 8.50. The number of nitrogens with zero attached hydrogens (tertiary/aromatic N) is 2. The first-order valence-corrected chi connectivity index (χ1v) is 14.5. The number of hydrogen-bond donors (Lipinski definition) is 1. The molecular formula is C39H25N3O. The number of hydrogen-bond acceptors (Lipinski definition) is 4. The summed E-state index contributed by atoms with van der Waals surface area (Å²) >= 11 is 0. The predicted molar refractivity (Wildman–Crippen MR) is 178 cm³/mol. The van der Waals surface area contributed by atoms with Crippen LogP contribution in [0.15, 0.2) is 154 Å². The lowest BCUT2D eigenvalue weighted by Crippen LogP contribution is -2.33. The molecule has 1 atom stereocenters. The maximum absolute atomic E-state index is 6.22. The van der Waals surface area contributed by atoms with Crippen molar-refractivity contribution in [2.75, 3.05) is 0 Å². The zero-order valence-electron chi connectivity index (χ0n) is 23.2. The molecule has 4 heteroatoms. The molecule has 1 N–H and O–H groups in total. The van der Waals surface area contributed by atoms with E-state index in [0.717, 1.165) is 44.5 Å². The van der Waals surface area contributed by atoms with Crippen LogP contribution in [0.25, 0.3) is 54.3 Å². The van der Waals surface area contributed by atoms with Crippen molar-refractivity contribution in [1.29, 1.82) is 0 Å². The molecule has 0 aliphatic carbocycles. The molecule has 7 aromatic carbocycles. The van der Waals surface area contributed by atoms with Gasteiger partial charge >= 0.3 is 0 Å². The Labute approximate surface area is 247 Å². The van der Waals surface area contributed by atoms with Gasteiger partial charge < -0.3 is 9.73 Å². The van der Waals surface area contributed by atoms with Crippen LogP contribution in [-0.2, 0) is 0 Å². The monoisotopic (exact) mass is 551 g/mol. The van der Waals surface area contributed by atoms with Crippen LogP contribution in [0, 0.1) is 0 Å². The van der Waals surface area contributed by atoms with E-state index >= 15 is 0 Å². The summed E-state index contributed by atoms with van der Waals surface area (Å²) in [7, 11) is 0.